The summed E-state index contributed by atoms with van der Waals surface area (Å²) >= 11 is 0. The lowest BCUT2D eigenvalue weighted by Crippen LogP contribution is -2.18. The molecule has 1 aromatic carbocycles. The quantitative estimate of drug-likeness (QED) is 0.589. The highest BCUT2D eigenvalue weighted by atomic mass is 16.1. The van der Waals surface area contributed by atoms with Crippen LogP contribution in [0, 0.1) is 0 Å². The number of amides is 1. The molecule has 3 heterocycles. The molecule has 0 saturated heterocycles. The number of nitrogens with one attached hydrogen (secondary N) is 1. The van der Waals surface area contributed by atoms with E-state index >= 15 is 0 Å². The molecule has 0 aliphatic heterocycles. The van der Waals surface area contributed by atoms with Crippen LogP contribution in [0.2, 0.25) is 0 Å². The number of nitrogens with two attached hydrogens (primary N) is 1. The van der Waals surface area contributed by atoms with Crippen LogP contribution < -0.4 is 5.73 Å². The summed E-state index contributed by atoms with van der Waals surface area (Å²) in [7, 11) is 0. The molecule has 0 fully saturated rings. The van der Waals surface area contributed by atoms with Gasteiger partial charge < -0.3 is 10.7 Å². The van der Waals surface area contributed by atoms with Gasteiger partial charge in [0.05, 0.1) is 6.20 Å². The number of fused-ring (bicyclic) bond motifs is 1. The zero-order valence-electron chi connectivity index (χ0n) is 13.5. The van der Waals surface area contributed by atoms with Crippen LogP contribution in [0.4, 0.5) is 0 Å². The number of pyridine rings is 1. The van der Waals surface area contributed by atoms with E-state index in [4.69, 9.17) is 5.73 Å². The van der Waals surface area contributed by atoms with Crippen molar-refractivity contribution in [1.82, 2.24) is 19.7 Å². The minimum atomic E-state index is -0.418. The Balaban J connectivity index is 1.68. The minimum absolute atomic E-state index is 0.0685. The van der Waals surface area contributed by atoms with Crippen molar-refractivity contribution in [2.45, 2.75) is 13.0 Å². The third-order valence-corrected chi connectivity index (χ3v) is 4.14. The monoisotopic (exact) mass is 331 g/mol. The van der Waals surface area contributed by atoms with Crippen molar-refractivity contribution in [3.8, 4) is 11.1 Å². The van der Waals surface area contributed by atoms with Crippen molar-refractivity contribution < 1.29 is 4.79 Å². The second kappa shape index (κ2) is 6.24. The number of hydrogen-bond acceptors (Lipinski definition) is 3. The Morgan fingerprint density at radius 1 is 1.16 bits per heavy atom. The Bertz CT molecular complexity index is 1030. The fourth-order valence-electron chi connectivity index (χ4n) is 2.94. The number of aromatic amines is 1. The first-order valence-corrected chi connectivity index (χ1v) is 8.00. The molecule has 124 valence electrons. The molecule has 4 aromatic rings. The summed E-state index contributed by atoms with van der Waals surface area (Å²) in [4.78, 5) is 18.7. The maximum Gasteiger partial charge on any atom is 0.239 e. The van der Waals surface area contributed by atoms with Crippen molar-refractivity contribution >= 4 is 16.9 Å². The molecule has 0 radical (unpaired) electrons. The van der Waals surface area contributed by atoms with E-state index in [-0.39, 0.29) is 6.54 Å². The summed E-state index contributed by atoms with van der Waals surface area (Å²) < 4.78 is 1.53. The average Bonchev–Trinajstić information content (AvgIpc) is 3.22. The second-order valence-corrected chi connectivity index (χ2v) is 5.99. The van der Waals surface area contributed by atoms with E-state index in [1.165, 1.54) is 15.8 Å². The lowest BCUT2D eigenvalue weighted by atomic mass is 10.0. The highest BCUT2D eigenvalue weighted by molar-refractivity contribution is 5.84. The van der Waals surface area contributed by atoms with Gasteiger partial charge in [-0.15, -0.1) is 0 Å². The lowest BCUT2D eigenvalue weighted by molar-refractivity contribution is -0.118. The topological polar surface area (TPSA) is 89.6 Å². The van der Waals surface area contributed by atoms with Crippen molar-refractivity contribution in [1.29, 1.82) is 0 Å². The molecule has 0 saturated carbocycles. The van der Waals surface area contributed by atoms with Gasteiger partial charge in [0.1, 0.15) is 12.2 Å². The van der Waals surface area contributed by atoms with Crippen LogP contribution in [-0.2, 0) is 17.8 Å². The molecule has 0 bridgehead atoms. The fourth-order valence-corrected chi connectivity index (χ4v) is 2.94. The summed E-state index contributed by atoms with van der Waals surface area (Å²) in [5.74, 6) is -0.418. The number of carbonyl (C=O) groups is 1. The molecular formula is C19H17N5O. The first-order chi connectivity index (χ1) is 12.2. The van der Waals surface area contributed by atoms with E-state index in [0.717, 1.165) is 28.6 Å². The standard InChI is InChI=1S/C19H17N5O/c20-18(25)12-24-11-16(10-23-24)14-7-17-15(9-22-19(17)21-8-14)6-13-4-2-1-3-5-13/h1-5,7-11H,6,12H2,(H2,20,25)(H,21,22). The van der Waals surface area contributed by atoms with Crippen molar-refractivity contribution in [3.05, 3.63) is 72.3 Å². The van der Waals surface area contributed by atoms with Crippen molar-refractivity contribution in [2.24, 2.45) is 5.73 Å². The van der Waals surface area contributed by atoms with Crippen LogP contribution in [0.1, 0.15) is 11.1 Å². The largest absolute Gasteiger partial charge is 0.368 e. The number of carbonyl (C=O) groups excluding carboxylic acids is 1. The van der Waals surface area contributed by atoms with Gasteiger partial charge in [0.2, 0.25) is 5.91 Å². The number of hydrogen-bond donors (Lipinski definition) is 2. The maximum absolute atomic E-state index is 11.0. The number of H-pyrrole nitrogens is 1. The first kappa shape index (κ1) is 15.1. The molecule has 1 amide bonds. The molecule has 6 heteroatoms. The van der Waals surface area contributed by atoms with Crippen molar-refractivity contribution in [2.75, 3.05) is 0 Å². The third kappa shape index (κ3) is 3.14. The molecular weight excluding hydrogens is 314 g/mol. The highest BCUT2D eigenvalue weighted by Crippen LogP contribution is 2.25. The Kier molecular flexibility index (Phi) is 3.78. The van der Waals surface area contributed by atoms with Crippen molar-refractivity contribution in [3.63, 3.8) is 0 Å². The summed E-state index contributed by atoms with van der Waals surface area (Å²) in [6, 6.07) is 12.4. The molecule has 0 unspecified atom stereocenters. The molecule has 3 N–H and O–H groups in total. The zero-order chi connectivity index (χ0) is 17.2. The van der Waals surface area contributed by atoms with Crippen LogP contribution in [0.3, 0.4) is 0 Å². The third-order valence-electron chi connectivity index (χ3n) is 4.14. The predicted molar refractivity (Wildman–Crippen MR) is 95.8 cm³/mol. The summed E-state index contributed by atoms with van der Waals surface area (Å²) in [6.07, 6.45) is 8.17. The van der Waals surface area contributed by atoms with E-state index in [9.17, 15) is 4.79 Å². The van der Waals surface area contributed by atoms with Crippen LogP contribution in [0.25, 0.3) is 22.2 Å². The van der Waals surface area contributed by atoms with Gasteiger partial charge in [-0.05, 0) is 23.6 Å². The number of nitrogens with zero attached hydrogens (tertiary/aromatic N) is 3. The van der Waals surface area contributed by atoms with Gasteiger partial charge in [0, 0.05) is 35.1 Å². The van der Waals surface area contributed by atoms with Gasteiger partial charge >= 0.3 is 0 Å². The van der Waals surface area contributed by atoms with Gasteiger partial charge in [-0.2, -0.15) is 5.10 Å². The molecule has 0 aliphatic rings. The fraction of sp³-hybridized carbons (Fsp3) is 0.105. The van der Waals surface area contributed by atoms with E-state index in [0.29, 0.717) is 0 Å². The van der Waals surface area contributed by atoms with Crippen LogP contribution >= 0.6 is 0 Å². The summed E-state index contributed by atoms with van der Waals surface area (Å²) in [5.41, 5.74) is 10.4. The number of rotatable bonds is 5. The Morgan fingerprint density at radius 2 is 2.00 bits per heavy atom. The number of benzene rings is 1. The second-order valence-electron chi connectivity index (χ2n) is 5.99. The number of primary amides is 1. The van der Waals surface area contributed by atoms with Gasteiger partial charge in [-0.1, -0.05) is 30.3 Å². The van der Waals surface area contributed by atoms with Crippen LogP contribution in [0.15, 0.2) is 61.2 Å². The van der Waals surface area contributed by atoms with Gasteiger partial charge in [-0.25, -0.2) is 4.98 Å². The van der Waals surface area contributed by atoms with Crippen LogP contribution in [-0.4, -0.2) is 25.7 Å². The Morgan fingerprint density at radius 3 is 2.80 bits per heavy atom. The summed E-state index contributed by atoms with van der Waals surface area (Å²) in [5, 5.41) is 5.26. The van der Waals surface area contributed by atoms with E-state index in [1.54, 1.807) is 18.6 Å². The van der Waals surface area contributed by atoms with Gasteiger partial charge in [0.15, 0.2) is 0 Å². The smallest absolute Gasteiger partial charge is 0.239 e. The van der Waals surface area contributed by atoms with Crippen LogP contribution in [0.5, 0.6) is 0 Å². The summed E-state index contributed by atoms with van der Waals surface area (Å²) in [6.45, 7) is 0.0685. The van der Waals surface area contributed by atoms with E-state index in [1.807, 2.05) is 24.4 Å². The lowest BCUT2D eigenvalue weighted by Gasteiger charge is -2.02. The molecule has 3 aromatic heterocycles. The molecule has 0 aliphatic carbocycles. The van der Waals surface area contributed by atoms with Gasteiger partial charge in [-0.3, -0.25) is 9.48 Å². The highest BCUT2D eigenvalue weighted by Gasteiger charge is 2.09. The first-order valence-electron chi connectivity index (χ1n) is 8.00. The molecule has 6 nitrogen and oxygen atoms in total. The van der Waals surface area contributed by atoms with E-state index < -0.39 is 5.91 Å². The maximum atomic E-state index is 11.0. The molecule has 25 heavy (non-hydrogen) atoms. The predicted octanol–water partition coefficient (Wildman–Crippen LogP) is 2.50. The average molecular weight is 331 g/mol. The Hall–Kier alpha value is -3.41. The minimum Gasteiger partial charge on any atom is -0.368 e. The molecule has 0 spiro atoms. The van der Waals surface area contributed by atoms with E-state index in [2.05, 4.69) is 33.3 Å². The normalized spacial score (nSPS) is 11.0. The molecule has 4 rings (SSSR count). The Labute approximate surface area is 144 Å². The zero-order valence-corrected chi connectivity index (χ0v) is 13.5. The van der Waals surface area contributed by atoms with Gasteiger partial charge in [0.25, 0.3) is 0 Å². The SMILES string of the molecule is NC(=O)Cn1cc(-c2cnc3[nH]cc(Cc4ccccc4)c3c2)cn1. The number of aromatic nitrogens is 4. The molecule has 0 atom stereocenters.